The predicted octanol–water partition coefficient (Wildman–Crippen LogP) is 5.19. The summed E-state index contributed by atoms with van der Waals surface area (Å²) in [4.78, 5) is 56.1. The second-order valence-electron chi connectivity index (χ2n) is 14.2. The van der Waals surface area contributed by atoms with Crippen molar-refractivity contribution in [1.82, 2.24) is 30.1 Å². The Kier molecular flexibility index (Phi) is 7.30. The van der Waals surface area contributed by atoms with E-state index in [1.807, 2.05) is 49.9 Å². The van der Waals surface area contributed by atoms with E-state index in [1.54, 1.807) is 23.4 Å². The van der Waals surface area contributed by atoms with Gasteiger partial charge in [-0.3, -0.25) is 14.4 Å². The van der Waals surface area contributed by atoms with Gasteiger partial charge in [0.15, 0.2) is 0 Å². The maximum Gasteiger partial charge on any atom is 0.292 e. The molecule has 9 nitrogen and oxygen atoms in total. The number of aromatic amines is 1. The van der Waals surface area contributed by atoms with Gasteiger partial charge in [-0.25, -0.2) is 9.97 Å². The molecule has 6 rings (SSSR count). The zero-order valence-electron chi connectivity index (χ0n) is 26.2. The van der Waals surface area contributed by atoms with Gasteiger partial charge in [0.1, 0.15) is 11.7 Å². The number of nitrogens with zero attached hydrogens (tertiary/aromatic N) is 4. The normalized spacial score (nSPS) is 19.0. The Labute approximate surface area is 258 Å². The lowest BCUT2D eigenvalue weighted by atomic mass is 9.85. The van der Waals surface area contributed by atoms with Gasteiger partial charge in [-0.15, -0.1) is 0 Å². The minimum atomic E-state index is -0.724. The molecule has 0 spiro atoms. The monoisotopic (exact) mass is 592 g/mol. The Hall–Kier alpha value is -4.53. The number of piperazine rings is 1. The van der Waals surface area contributed by atoms with Crippen molar-refractivity contribution in [2.24, 2.45) is 5.41 Å². The molecular weight excluding hydrogens is 552 g/mol. The number of hydrogen-bond donors (Lipinski definition) is 2. The van der Waals surface area contributed by atoms with Crippen molar-refractivity contribution >= 4 is 28.6 Å². The van der Waals surface area contributed by atoms with Crippen LogP contribution in [0.15, 0.2) is 67.0 Å². The Morgan fingerprint density at radius 1 is 0.864 bits per heavy atom. The van der Waals surface area contributed by atoms with Crippen molar-refractivity contribution in [3.05, 3.63) is 84.1 Å². The summed E-state index contributed by atoms with van der Waals surface area (Å²) in [5, 5.41) is 3.93. The first kappa shape index (κ1) is 29.5. The van der Waals surface area contributed by atoms with E-state index in [9.17, 15) is 14.4 Å². The lowest BCUT2D eigenvalue weighted by Crippen LogP contribution is -2.59. The summed E-state index contributed by atoms with van der Waals surface area (Å²) in [7, 11) is 0. The Bertz CT molecular complexity index is 1680. The molecule has 3 amide bonds. The summed E-state index contributed by atoms with van der Waals surface area (Å²) >= 11 is 0. The quantitative estimate of drug-likeness (QED) is 0.331. The first-order chi connectivity index (χ1) is 20.8. The predicted molar refractivity (Wildman–Crippen MR) is 170 cm³/mol. The minimum absolute atomic E-state index is 0.0697. The third-order valence-electron chi connectivity index (χ3n) is 8.87. The van der Waals surface area contributed by atoms with Gasteiger partial charge in [0.2, 0.25) is 11.7 Å². The number of amides is 3. The Balaban J connectivity index is 1.11. The Morgan fingerprint density at radius 2 is 1.50 bits per heavy atom. The van der Waals surface area contributed by atoms with Crippen molar-refractivity contribution in [2.75, 3.05) is 13.1 Å². The maximum atomic E-state index is 13.9. The Morgan fingerprint density at radius 3 is 2.09 bits per heavy atom. The van der Waals surface area contributed by atoms with Crippen LogP contribution in [0.2, 0.25) is 0 Å². The van der Waals surface area contributed by atoms with Gasteiger partial charge in [-0.2, -0.15) is 0 Å². The zero-order chi connectivity index (χ0) is 31.4. The molecule has 4 heterocycles. The molecule has 4 aromatic rings. The van der Waals surface area contributed by atoms with Crippen LogP contribution in [0.3, 0.4) is 0 Å². The zero-order valence-corrected chi connectivity index (χ0v) is 26.2. The van der Waals surface area contributed by atoms with E-state index in [0.29, 0.717) is 25.2 Å². The van der Waals surface area contributed by atoms with Crippen LogP contribution in [0.4, 0.5) is 0 Å². The molecule has 2 aliphatic rings. The molecule has 0 radical (unpaired) electrons. The highest BCUT2D eigenvalue weighted by atomic mass is 16.2. The number of benzene rings is 2. The van der Waals surface area contributed by atoms with Gasteiger partial charge in [-0.05, 0) is 40.5 Å². The van der Waals surface area contributed by atoms with Crippen LogP contribution >= 0.6 is 0 Å². The molecule has 0 aliphatic carbocycles. The SMILES string of the molecule is CC(C)(C)c1ccc(-c2cnc(C(=O)N3C[C@@H]4C[C@H]3CN4C(=O)[C@@H](NC(=O)c3cc4ccccc4[nH]3)C(C)(C)C)nc2)cc1. The first-order valence-electron chi connectivity index (χ1n) is 15.2. The van der Waals surface area contributed by atoms with E-state index in [1.165, 1.54) is 5.56 Å². The van der Waals surface area contributed by atoms with Crippen LogP contribution in [0, 0.1) is 5.41 Å². The molecule has 44 heavy (non-hydrogen) atoms. The molecule has 0 saturated carbocycles. The summed E-state index contributed by atoms with van der Waals surface area (Å²) in [6.45, 7) is 13.2. The molecule has 0 unspecified atom stereocenters. The molecule has 2 aromatic heterocycles. The van der Waals surface area contributed by atoms with Gasteiger partial charge >= 0.3 is 0 Å². The van der Waals surface area contributed by atoms with E-state index in [4.69, 9.17) is 0 Å². The second kappa shape index (κ2) is 10.9. The van der Waals surface area contributed by atoms with E-state index in [2.05, 4.69) is 65.3 Å². The van der Waals surface area contributed by atoms with Crippen molar-refractivity contribution in [2.45, 2.75) is 71.5 Å². The smallest absolute Gasteiger partial charge is 0.292 e. The molecule has 2 saturated heterocycles. The van der Waals surface area contributed by atoms with Gasteiger partial charge in [0.25, 0.3) is 11.8 Å². The van der Waals surface area contributed by atoms with E-state index in [0.717, 1.165) is 22.0 Å². The van der Waals surface area contributed by atoms with Crippen LogP contribution in [-0.2, 0) is 10.2 Å². The second-order valence-corrected chi connectivity index (χ2v) is 14.2. The summed E-state index contributed by atoms with van der Waals surface area (Å²) < 4.78 is 0. The van der Waals surface area contributed by atoms with Crippen LogP contribution in [0.25, 0.3) is 22.0 Å². The summed E-state index contributed by atoms with van der Waals surface area (Å²) in [5.41, 5.74) is 3.93. The third kappa shape index (κ3) is 5.58. The standard InChI is InChI=1S/C35H40N6O3/c1-34(2,3)24-13-11-21(12-14-24)23-17-36-30(37-18-23)33(44)41-20-25-16-26(41)19-40(25)32(43)29(35(4,5)6)39-31(42)28-15-22-9-7-8-10-27(22)38-28/h7-15,17-18,25-26,29,38H,16,19-20H2,1-6H3,(H,39,42)/t25-,26-,29+/m0/s1. The fourth-order valence-electron chi connectivity index (χ4n) is 6.28. The van der Waals surface area contributed by atoms with Crippen LogP contribution in [0.5, 0.6) is 0 Å². The molecule has 2 bridgehead atoms. The molecule has 3 atom stereocenters. The number of hydrogen-bond acceptors (Lipinski definition) is 5. The number of H-pyrrole nitrogens is 1. The number of carbonyl (C=O) groups excluding carboxylic acids is 3. The molecule has 2 aromatic carbocycles. The number of para-hydroxylation sites is 1. The largest absolute Gasteiger partial charge is 0.351 e. The third-order valence-corrected chi connectivity index (χ3v) is 8.87. The fourth-order valence-corrected chi connectivity index (χ4v) is 6.28. The molecule has 2 N–H and O–H groups in total. The summed E-state index contributed by atoms with van der Waals surface area (Å²) in [6.07, 6.45) is 4.09. The van der Waals surface area contributed by atoms with Crippen molar-refractivity contribution in [3.8, 4) is 11.1 Å². The topological polar surface area (TPSA) is 111 Å². The molecule has 228 valence electrons. The van der Waals surface area contributed by atoms with Gasteiger partial charge < -0.3 is 20.1 Å². The highest BCUT2D eigenvalue weighted by molar-refractivity contribution is 6.00. The van der Waals surface area contributed by atoms with Gasteiger partial charge in [-0.1, -0.05) is 84.0 Å². The number of nitrogens with one attached hydrogen (secondary N) is 2. The summed E-state index contributed by atoms with van der Waals surface area (Å²) in [6, 6.07) is 16.9. The van der Waals surface area contributed by atoms with Crippen LogP contribution < -0.4 is 5.32 Å². The summed E-state index contributed by atoms with van der Waals surface area (Å²) in [5.74, 6) is -0.511. The number of rotatable bonds is 5. The maximum absolute atomic E-state index is 13.9. The highest BCUT2D eigenvalue weighted by Gasteiger charge is 2.50. The lowest BCUT2D eigenvalue weighted by Gasteiger charge is -2.39. The van der Waals surface area contributed by atoms with Crippen molar-refractivity contribution < 1.29 is 14.4 Å². The van der Waals surface area contributed by atoms with E-state index >= 15 is 0 Å². The highest BCUT2D eigenvalue weighted by Crippen LogP contribution is 2.34. The lowest BCUT2D eigenvalue weighted by molar-refractivity contribution is -0.138. The number of likely N-dealkylation sites (tertiary alicyclic amines) is 2. The van der Waals surface area contributed by atoms with Crippen molar-refractivity contribution in [3.63, 3.8) is 0 Å². The van der Waals surface area contributed by atoms with E-state index in [-0.39, 0.29) is 41.0 Å². The number of carbonyl (C=O) groups is 3. The minimum Gasteiger partial charge on any atom is -0.351 e. The van der Waals surface area contributed by atoms with E-state index < -0.39 is 11.5 Å². The molecule has 2 aliphatic heterocycles. The van der Waals surface area contributed by atoms with Crippen LogP contribution in [0.1, 0.15) is 74.6 Å². The van der Waals surface area contributed by atoms with Crippen molar-refractivity contribution in [1.29, 1.82) is 0 Å². The first-order valence-corrected chi connectivity index (χ1v) is 15.2. The number of aromatic nitrogens is 3. The molecule has 9 heteroatoms. The average Bonchev–Trinajstić information content (AvgIpc) is 3.73. The van der Waals surface area contributed by atoms with Crippen LogP contribution in [-0.4, -0.2) is 73.7 Å². The molecule has 2 fully saturated rings. The van der Waals surface area contributed by atoms with Gasteiger partial charge in [0, 0.05) is 41.9 Å². The average molecular weight is 593 g/mol. The number of fused-ring (bicyclic) bond motifs is 3. The molecular formula is C35H40N6O3. The van der Waals surface area contributed by atoms with Gasteiger partial charge in [0.05, 0.1) is 12.1 Å². The fraction of sp³-hybridized carbons (Fsp3) is 0.400.